The number of hydrogen-bond acceptors (Lipinski definition) is 2. The SMILES string of the molecule is CCCC1CCCCN1C(=O)CNCC. The molecule has 1 heterocycles. The van der Waals surface area contributed by atoms with Crippen LogP contribution in [-0.2, 0) is 4.79 Å². The molecule has 0 saturated carbocycles. The van der Waals surface area contributed by atoms with Crippen LogP contribution < -0.4 is 5.32 Å². The molecule has 0 aliphatic carbocycles. The van der Waals surface area contributed by atoms with Crippen LogP contribution in [0.3, 0.4) is 0 Å². The predicted octanol–water partition coefficient (Wildman–Crippen LogP) is 1.78. The summed E-state index contributed by atoms with van der Waals surface area (Å²) in [6.07, 6.45) is 6.01. The summed E-state index contributed by atoms with van der Waals surface area (Å²) in [7, 11) is 0. The molecule has 1 aliphatic heterocycles. The Labute approximate surface area is 93.2 Å². The van der Waals surface area contributed by atoms with Gasteiger partial charge in [-0.1, -0.05) is 20.3 Å². The first-order chi connectivity index (χ1) is 7.29. The Balaban J connectivity index is 2.43. The average Bonchev–Trinajstić information content (AvgIpc) is 2.27. The van der Waals surface area contributed by atoms with E-state index in [1.165, 1.54) is 25.7 Å². The van der Waals surface area contributed by atoms with Gasteiger partial charge in [-0.25, -0.2) is 0 Å². The number of nitrogens with zero attached hydrogens (tertiary/aromatic N) is 1. The number of piperidine rings is 1. The molecule has 1 amide bonds. The van der Waals surface area contributed by atoms with Crippen LogP contribution in [0.1, 0.15) is 46.0 Å². The van der Waals surface area contributed by atoms with Crippen molar-refractivity contribution >= 4 is 5.91 Å². The lowest BCUT2D eigenvalue weighted by atomic mass is 9.98. The van der Waals surface area contributed by atoms with E-state index in [4.69, 9.17) is 0 Å². The maximum absolute atomic E-state index is 11.9. The molecule has 0 bridgehead atoms. The molecule has 1 rings (SSSR count). The molecule has 1 N–H and O–H groups in total. The minimum absolute atomic E-state index is 0.287. The van der Waals surface area contributed by atoms with Crippen LogP contribution in [0, 0.1) is 0 Å². The van der Waals surface area contributed by atoms with Crippen molar-refractivity contribution in [2.75, 3.05) is 19.6 Å². The van der Waals surface area contributed by atoms with E-state index in [1.54, 1.807) is 0 Å². The maximum Gasteiger partial charge on any atom is 0.236 e. The fourth-order valence-corrected chi connectivity index (χ4v) is 2.30. The summed E-state index contributed by atoms with van der Waals surface area (Å²) in [5.41, 5.74) is 0. The highest BCUT2D eigenvalue weighted by Crippen LogP contribution is 2.20. The average molecular weight is 212 g/mol. The van der Waals surface area contributed by atoms with Crippen molar-refractivity contribution in [1.82, 2.24) is 10.2 Å². The molecule has 0 aromatic rings. The first kappa shape index (κ1) is 12.5. The standard InChI is InChI=1S/C12H24N2O/c1-3-7-11-8-5-6-9-14(11)12(15)10-13-4-2/h11,13H,3-10H2,1-2H3. The number of likely N-dealkylation sites (tertiary alicyclic amines) is 1. The summed E-state index contributed by atoms with van der Waals surface area (Å²) in [6.45, 7) is 6.58. The summed E-state index contributed by atoms with van der Waals surface area (Å²) >= 11 is 0. The van der Waals surface area contributed by atoms with Crippen molar-refractivity contribution in [3.05, 3.63) is 0 Å². The summed E-state index contributed by atoms with van der Waals surface area (Å²) in [6, 6.07) is 0.509. The van der Waals surface area contributed by atoms with Gasteiger partial charge in [-0.3, -0.25) is 4.79 Å². The number of amides is 1. The second kappa shape index (κ2) is 6.83. The lowest BCUT2D eigenvalue weighted by molar-refractivity contribution is -0.134. The quantitative estimate of drug-likeness (QED) is 0.753. The number of rotatable bonds is 5. The topological polar surface area (TPSA) is 32.3 Å². The summed E-state index contributed by atoms with van der Waals surface area (Å²) in [4.78, 5) is 14.0. The van der Waals surface area contributed by atoms with Gasteiger partial charge in [0.05, 0.1) is 6.54 Å². The van der Waals surface area contributed by atoms with E-state index in [1.807, 2.05) is 6.92 Å². The molecule has 1 aliphatic rings. The third kappa shape index (κ3) is 3.82. The van der Waals surface area contributed by atoms with E-state index in [9.17, 15) is 4.79 Å². The fourth-order valence-electron chi connectivity index (χ4n) is 2.30. The lowest BCUT2D eigenvalue weighted by Gasteiger charge is -2.36. The predicted molar refractivity (Wildman–Crippen MR) is 62.8 cm³/mol. The van der Waals surface area contributed by atoms with Crippen LogP contribution >= 0.6 is 0 Å². The Bertz CT molecular complexity index is 192. The zero-order chi connectivity index (χ0) is 11.1. The van der Waals surface area contributed by atoms with Crippen LogP contribution in [-0.4, -0.2) is 36.5 Å². The molecule has 88 valence electrons. The zero-order valence-electron chi connectivity index (χ0n) is 10.1. The summed E-state index contributed by atoms with van der Waals surface area (Å²) < 4.78 is 0. The first-order valence-corrected chi connectivity index (χ1v) is 6.29. The van der Waals surface area contributed by atoms with E-state index in [0.717, 1.165) is 19.5 Å². The van der Waals surface area contributed by atoms with Crippen LogP contribution in [0.5, 0.6) is 0 Å². The van der Waals surface area contributed by atoms with Crippen molar-refractivity contribution in [3.8, 4) is 0 Å². The second-order valence-corrected chi connectivity index (χ2v) is 4.31. The number of carbonyl (C=O) groups excluding carboxylic acids is 1. The van der Waals surface area contributed by atoms with Gasteiger partial charge in [-0.05, 0) is 32.2 Å². The van der Waals surface area contributed by atoms with Crippen molar-refractivity contribution in [2.24, 2.45) is 0 Å². The van der Waals surface area contributed by atoms with Gasteiger partial charge in [-0.15, -0.1) is 0 Å². The minimum Gasteiger partial charge on any atom is -0.339 e. The van der Waals surface area contributed by atoms with E-state index in [-0.39, 0.29) is 5.91 Å². The monoisotopic (exact) mass is 212 g/mol. The first-order valence-electron chi connectivity index (χ1n) is 6.29. The molecule has 1 fully saturated rings. The second-order valence-electron chi connectivity index (χ2n) is 4.31. The Morgan fingerprint density at radius 2 is 2.20 bits per heavy atom. The molecule has 1 unspecified atom stereocenters. The molecular weight excluding hydrogens is 188 g/mol. The highest BCUT2D eigenvalue weighted by atomic mass is 16.2. The highest BCUT2D eigenvalue weighted by Gasteiger charge is 2.25. The van der Waals surface area contributed by atoms with Crippen LogP contribution in [0.4, 0.5) is 0 Å². The fraction of sp³-hybridized carbons (Fsp3) is 0.917. The highest BCUT2D eigenvalue weighted by molar-refractivity contribution is 5.78. The number of carbonyl (C=O) groups is 1. The zero-order valence-corrected chi connectivity index (χ0v) is 10.1. The van der Waals surface area contributed by atoms with Gasteiger partial charge in [0.15, 0.2) is 0 Å². The van der Waals surface area contributed by atoms with Gasteiger partial charge < -0.3 is 10.2 Å². The van der Waals surface area contributed by atoms with Gasteiger partial charge in [0.25, 0.3) is 0 Å². The van der Waals surface area contributed by atoms with Crippen molar-refractivity contribution in [1.29, 1.82) is 0 Å². The van der Waals surface area contributed by atoms with Gasteiger partial charge >= 0.3 is 0 Å². The Kier molecular flexibility index (Phi) is 5.69. The molecule has 0 radical (unpaired) electrons. The molecule has 3 nitrogen and oxygen atoms in total. The van der Waals surface area contributed by atoms with Gasteiger partial charge in [0.1, 0.15) is 0 Å². The molecule has 0 aromatic heterocycles. The molecule has 0 spiro atoms. The van der Waals surface area contributed by atoms with Crippen LogP contribution in [0.25, 0.3) is 0 Å². The molecule has 1 atom stereocenters. The number of nitrogens with one attached hydrogen (secondary N) is 1. The van der Waals surface area contributed by atoms with E-state index in [0.29, 0.717) is 12.6 Å². The van der Waals surface area contributed by atoms with E-state index < -0.39 is 0 Å². The van der Waals surface area contributed by atoms with Crippen molar-refractivity contribution < 1.29 is 4.79 Å². The van der Waals surface area contributed by atoms with Crippen LogP contribution in [0.15, 0.2) is 0 Å². The van der Waals surface area contributed by atoms with E-state index >= 15 is 0 Å². The van der Waals surface area contributed by atoms with Gasteiger partial charge in [0, 0.05) is 12.6 Å². The van der Waals surface area contributed by atoms with E-state index in [2.05, 4.69) is 17.1 Å². The van der Waals surface area contributed by atoms with Crippen molar-refractivity contribution in [2.45, 2.75) is 52.0 Å². The third-order valence-corrected chi connectivity index (χ3v) is 3.10. The number of likely N-dealkylation sites (N-methyl/N-ethyl adjacent to an activating group) is 1. The molecule has 1 saturated heterocycles. The Hall–Kier alpha value is -0.570. The summed E-state index contributed by atoms with van der Waals surface area (Å²) in [5, 5.41) is 3.12. The van der Waals surface area contributed by atoms with Gasteiger partial charge in [-0.2, -0.15) is 0 Å². The smallest absolute Gasteiger partial charge is 0.236 e. The normalized spacial score (nSPS) is 21.7. The lowest BCUT2D eigenvalue weighted by Crippen LogP contribution is -2.47. The van der Waals surface area contributed by atoms with Crippen LogP contribution in [0.2, 0.25) is 0 Å². The molecule has 3 heteroatoms. The molecule has 15 heavy (non-hydrogen) atoms. The Morgan fingerprint density at radius 3 is 2.87 bits per heavy atom. The number of hydrogen-bond donors (Lipinski definition) is 1. The van der Waals surface area contributed by atoms with Gasteiger partial charge in [0.2, 0.25) is 5.91 Å². The minimum atomic E-state index is 0.287. The third-order valence-electron chi connectivity index (χ3n) is 3.10. The molecular formula is C12H24N2O. The molecule has 0 aromatic carbocycles. The van der Waals surface area contributed by atoms with Crippen molar-refractivity contribution in [3.63, 3.8) is 0 Å². The Morgan fingerprint density at radius 1 is 1.40 bits per heavy atom. The summed E-state index contributed by atoms with van der Waals surface area (Å²) in [5.74, 6) is 0.287. The maximum atomic E-state index is 11.9. The largest absolute Gasteiger partial charge is 0.339 e.